The van der Waals surface area contributed by atoms with Crippen LogP contribution in [0.2, 0.25) is 0 Å². The number of hydrogen-bond donors (Lipinski definition) is 1. The first kappa shape index (κ1) is 17.0. The summed E-state index contributed by atoms with van der Waals surface area (Å²) in [6.07, 6.45) is 0.106. The van der Waals surface area contributed by atoms with Crippen molar-refractivity contribution in [2.75, 3.05) is 20.8 Å². The van der Waals surface area contributed by atoms with Crippen LogP contribution in [0.3, 0.4) is 0 Å². The fourth-order valence-electron chi connectivity index (χ4n) is 2.71. The van der Waals surface area contributed by atoms with E-state index in [9.17, 15) is 0 Å². The van der Waals surface area contributed by atoms with Crippen molar-refractivity contribution in [1.82, 2.24) is 5.32 Å². The van der Waals surface area contributed by atoms with Crippen LogP contribution in [-0.2, 0) is 4.74 Å². The topological polar surface area (TPSA) is 30.5 Å². The maximum absolute atomic E-state index is 5.80. The summed E-state index contributed by atoms with van der Waals surface area (Å²) in [5.41, 5.74) is 2.56. The number of methoxy groups -OCH3 is 2. The zero-order valence-electron chi connectivity index (χ0n) is 13.9. The molecule has 3 nitrogen and oxygen atoms in total. The summed E-state index contributed by atoms with van der Waals surface area (Å²) >= 11 is 0. The fourth-order valence-corrected chi connectivity index (χ4v) is 2.71. The molecule has 0 saturated carbocycles. The number of nitrogens with one attached hydrogen (secondary N) is 1. The molecule has 1 aromatic rings. The third kappa shape index (κ3) is 3.97. The largest absolute Gasteiger partial charge is 0.497 e. The van der Waals surface area contributed by atoms with Crippen molar-refractivity contribution < 1.29 is 9.47 Å². The molecule has 0 aromatic heterocycles. The smallest absolute Gasteiger partial charge is 0.119 e. The summed E-state index contributed by atoms with van der Waals surface area (Å²) in [4.78, 5) is 0. The number of ether oxygens (including phenoxy) is 2. The van der Waals surface area contributed by atoms with Gasteiger partial charge in [0.1, 0.15) is 5.75 Å². The van der Waals surface area contributed by atoms with E-state index >= 15 is 0 Å². The quantitative estimate of drug-likeness (QED) is 0.861. The normalized spacial score (nSPS) is 14.9. The van der Waals surface area contributed by atoms with Crippen LogP contribution < -0.4 is 10.1 Å². The van der Waals surface area contributed by atoms with Crippen molar-refractivity contribution in [3.8, 4) is 5.75 Å². The molecule has 114 valence electrons. The van der Waals surface area contributed by atoms with Gasteiger partial charge in [-0.1, -0.05) is 33.8 Å². The van der Waals surface area contributed by atoms with Crippen LogP contribution in [0.5, 0.6) is 5.75 Å². The van der Waals surface area contributed by atoms with Crippen LogP contribution in [0, 0.1) is 12.3 Å². The molecule has 3 heteroatoms. The molecule has 0 aliphatic rings. The molecule has 0 bridgehead atoms. The second-order valence-corrected chi connectivity index (χ2v) is 6.28. The molecule has 0 aliphatic heterocycles. The lowest BCUT2D eigenvalue weighted by Gasteiger charge is -2.37. The molecule has 0 radical (unpaired) electrons. The van der Waals surface area contributed by atoms with Gasteiger partial charge in [0.05, 0.1) is 19.3 Å². The van der Waals surface area contributed by atoms with Crippen LogP contribution >= 0.6 is 0 Å². The number of benzene rings is 1. The Morgan fingerprint density at radius 3 is 2.25 bits per heavy atom. The van der Waals surface area contributed by atoms with Crippen molar-refractivity contribution in [3.63, 3.8) is 0 Å². The first-order valence-electron chi connectivity index (χ1n) is 7.25. The van der Waals surface area contributed by atoms with E-state index in [-0.39, 0.29) is 17.6 Å². The van der Waals surface area contributed by atoms with E-state index in [0.717, 1.165) is 12.3 Å². The predicted molar refractivity (Wildman–Crippen MR) is 84.4 cm³/mol. The molecular weight excluding hydrogens is 250 g/mol. The van der Waals surface area contributed by atoms with Crippen LogP contribution in [0.1, 0.15) is 44.9 Å². The Balaban J connectivity index is 3.19. The average molecular weight is 279 g/mol. The van der Waals surface area contributed by atoms with Crippen LogP contribution in [-0.4, -0.2) is 26.9 Å². The summed E-state index contributed by atoms with van der Waals surface area (Å²) in [7, 11) is 3.49. The molecule has 0 spiro atoms. The highest BCUT2D eigenvalue weighted by Gasteiger charge is 2.33. The van der Waals surface area contributed by atoms with Gasteiger partial charge in [0.15, 0.2) is 0 Å². The van der Waals surface area contributed by atoms with Gasteiger partial charge in [-0.15, -0.1) is 0 Å². The van der Waals surface area contributed by atoms with Gasteiger partial charge in [-0.05, 0) is 42.1 Å². The van der Waals surface area contributed by atoms with Crippen molar-refractivity contribution in [1.29, 1.82) is 0 Å². The number of rotatable bonds is 6. The van der Waals surface area contributed by atoms with E-state index in [1.807, 2.05) is 6.07 Å². The number of aryl methyl sites for hydroxylation is 1. The van der Waals surface area contributed by atoms with Crippen molar-refractivity contribution in [2.45, 2.75) is 46.8 Å². The van der Waals surface area contributed by atoms with Gasteiger partial charge >= 0.3 is 0 Å². The fraction of sp³-hybridized carbons (Fsp3) is 0.647. The molecule has 0 fully saturated rings. The molecule has 0 saturated heterocycles. The van der Waals surface area contributed by atoms with E-state index in [1.54, 1.807) is 14.2 Å². The summed E-state index contributed by atoms with van der Waals surface area (Å²) in [5, 5.41) is 3.57. The molecule has 1 aromatic carbocycles. The van der Waals surface area contributed by atoms with Gasteiger partial charge in [-0.25, -0.2) is 0 Å². The summed E-state index contributed by atoms with van der Waals surface area (Å²) < 4.78 is 11.1. The molecule has 1 rings (SSSR count). The number of hydrogen-bond acceptors (Lipinski definition) is 3. The van der Waals surface area contributed by atoms with E-state index in [4.69, 9.17) is 9.47 Å². The second-order valence-electron chi connectivity index (χ2n) is 6.28. The lowest BCUT2D eigenvalue weighted by molar-refractivity contribution is -0.0117. The molecule has 2 unspecified atom stereocenters. The first-order chi connectivity index (χ1) is 9.35. The Bertz CT molecular complexity index is 423. The predicted octanol–water partition coefficient (Wildman–Crippen LogP) is 3.72. The number of likely N-dealkylation sites (N-methyl/N-ethyl adjacent to an activating group) is 1. The lowest BCUT2D eigenvalue weighted by Crippen LogP contribution is -2.41. The van der Waals surface area contributed by atoms with Crippen molar-refractivity contribution in [2.24, 2.45) is 5.41 Å². The van der Waals surface area contributed by atoms with Gasteiger partial charge in [0.2, 0.25) is 0 Å². The maximum atomic E-state index is 5.80. The molecule has 0 aliphatic carbocycles. The zero-order chi connectivity index (χ0) is 15.3. The van der Waals surface area contributed by atoms with E-state index in [0.29, 0.717) is 0 Å². The highest BCUT2D eigenvalue weighted by Crippen LogP contribution is 2.34. The summed E-state index contributed by atoms with van der Waals surface area (Å²) in [5.74, 6) is 0.895. The molecule has 20 heavy (non-hydrogen) atoms. The van der Waals surface area contributed by atoms with E-state index < -0.39 is 0 Å². The van der Waals surface area contributed by atoms with E-state index in [2.05, 4.69) is 52.1 Å². The minimum absolute atomic E-state index is 0.0634. The summed E-state index contributed by atoms with van der Waals surface area (Å²) in [6.45, 7) is 11.8. The average Bonchev–Trinajstić information content (AvgIpc) is 2.37. The Kier molecular flexibility index (Phi) is 6.03. The monoisotopic (exact) mass is 279 g/mol. The first-order valence-corrected chi connectivity index (χ1v) is 7.25. The van der Waals surface area contributed by atoms with Crippen LogP contribution in [0.15, 0.2) is 18.2 Å². The third-order valence-electron chi connectivity index (χ3n) is 3.65. The molecule has 2 atom stereocenters. The van der Waals surface area contributed by atoms with Gasteiger partial charge in [0.25, 0.3) is 0 Å². The van der Waals surface area contributed by atoms with Gasteiger partial charge < -0.3 is 14.8 Å². The second kappa shape index (κ2) is 7.09. The van der Waals surface area contributed by atoms with Gasteiger partial charge in [-0.2, -0.15) is 0 Å². The molecule has 0 heterocycles. The third-order valence-corrected chi connectivity index (χ3v) is 3.65. The zero-order valence-corrected chi connectivity index (χ0v) is 13.9. The highest BCUT2D eigenvalue weighted by molar-refractivity contribution is 5.37. The van der Waals surface area contributed by atoms with E-state index in [1.165, 1.54) is 11.1 Å². The molecule has 1 N–H and O–H groups in total. The SMILES string of the molecule is CCNC(c1ccc(OC)cc1C)C(OC)C(C)(C)C. The Hall–Kier alpha value is -1.06. The standard InChI is InChI=1S/C17H29NO2/c1-8-18-15(16(20-7)17(3,4)5)14-10-9-13(19-6)11-12(14)2/h9-11,15-16,18H,8H2,1-7H3. The summed E-state index contributed by atoms with van der Waals surface area (Å²) in [6, 6.07) is 6.41. The minimum Gasteiger partial charge on any atom is -0.497 e. The highest BCUT2D eigenvalue weighted by atomic mass is 16.5. The lowest BCUT2D eigenvalue weighted by atomic mass is 9.81. The van der Waals surface area contributed by atoms with Gasteiger partial charge in [0, 0.05) is 7.11 Å². The van der Waals surface area contributed by atoms with Crippen LogP contribution in [0.25, 0.3) is 0 Å². The Morgan fingerprint density at radius 2 is 1.85 bits per heavy atom. The molecular formula is C17H29NO2. The van der Waals surface area contributed by atoms with Crippen molar-refractivity contribution in [3.05, 3.63) is 29.3 Å². The Labute approximate surface area is 123 Å². The molecule has 0 amide bonds. The van der Waals surface area contributed by atoms with Gasteiger partial charge in [-0.3, -0.25) is 0 Å². The van der Waals surface area contributed by atoms with Crippen molar-refractivity contribution >= 4 is 0 Å². The minimum atomic E-state index is 0.0634. The van der Waals surface area contributed by atoms with Crippen LogP contribution in [0.4, 0.5) is 0 Å². The Morgan fingerprint density at radius 1 is 1.20 bits per heavy atom. The maximum Gasteiger partial charge on any atom is 0.119 e.